The fourth-order valence-electron chi connectivity index (χ4n) is 1.87. The molecular formula is C14H19N3S. The van der Waals surface area contributed by atoms with Crippen LogP contribution in [-0.2, 0) is 13.1 Å². The second-order valence-corrected chi connectivity index (χ2v) is 5.17. The Balaban J connectivity index is 1.88. The zero-order valence-corrected chi connectivity index (χ0v) is 11.7. The van der Waals surface area contributed by atoms with Crippen molar-refractivity contribution < 1.29 is 0 Å². The Hall–Kier alpha value is -1.39. The first-order valence-electron chi connectivity index (χ1n) is 6.16. The minimum Gasteiger partial charge on any atom is -0.370 e. The molecule has 0 bridgehead atoms. The Morgan fingerprint density at radius 2 is 2.06 bits per heavy atom. The molecule has 18 heavy (non-hydrogen) atoms. The zero-order chi connectivity index (χ0) is 12.8. The van der Waals surface area contributed by atoms with Crippen molar-refractivity contribution >= 4 is 17.2 Å². The monoisotopic (exact) mass is 261 g/mol. The van der Waals surface area contributed by atoms with Crippen LogP contribution in [0.5, 0.6) is 0 Å². The lowest BCUT2D eigenvalue weighted by atomic mass is 10.2. The third-order valence-electron chi connectivity index (χ3n) is 2.67. The van der Waals surface area contributed by atoms with Gasteiger partial charge in [-0.25, -0.2) is 4.98 Å². The molecule has 0 aliphatic carbocycles. The summed E-state index contributed by atoms with van der Waals surface area (Å²) in [6.45, 7) is 4.89. The molecule has 96 valence electrons. The van der Waals surface area contributed by atoms with Crippen molar-refractivity contribution in [2.24, 2.45) is 0 Å². The van der Waals surface area contributed by atoms with Crippen LogP contribution < -0.4 is 5.32 Å². The minimum atomic E-state index is 0.907. The summed E-state index contributed by atoms with van der Waals surface area (Å²) >= 11 is 1.75. The van der Waals surface area contributed by atoms with Gasteiger partial charge in [0.05, 0.1) is 0 Å². The molecule has 0 saturated heterocycles. The molecule has 0 aromatic carbocycles. The SMILES string of the molecule is CCNc1ccc(CN(C)Cc2ccsc2)cn1. The van der Waals surface area contributed by atoms with Gasteiger partial charge in [-0.1, -0.05) is 6.07 Å². The average Bonchev–Trinajstić information content (AvgIpc) is 2.84. The van der Waals surface area contributed by atoms with Crippen LogP contribution >= 0.6 is 11.3 Å². The van der Waals surface area contributed by atoms with Crippen LogP contribution in [0.25, 0.3) is 0 Å². The summed E-state index contributed by atoms with van der Waals surface area (Å²) in [4.78, 5) is 6.68. The highest BCUT2D eigenvalue weighted by molar-refractivity contribution is 7.07. The fourth-order valence-corrected chi connectivity index (χ4v) is 2.53. The minimum absolute atomic E-state index is 0.907. The molecule has 0 spiro atoms. The maximum Gasteiger partial charge on any atom is 0.125 e. The predicted molar refractivity (Wildman–Crippen MR) is 77.9 cm³/mol. The smallest absolute Gasteiger partial charge is 0.125 e. The molecule has 2 rings (SSSR count). The van der Waals surface area contributed by atoms with E-state index in [-0.39, 0.29) is 0 Å². The van der Waals surface area contributed by atoms with Gasteiger partial charge >= 0.3 is 0 Å². The molecule has 0 radical (unpaired) electrons. The van der Waals surface area contributed by atoms with Crippen LogP contribution in [0.3, 0.4) is 0 Å². The zero-order valence-electron chi connectivity index (χ0n) is 10.9. The van der Waals surface area contributed by atoms with E-state index in [1.54, 1.807) is 11.3 Å². The van der Waals surface area contributed by atoms with Crippen molar-refractivity contribution in [3.8, 4) is 0 Å². The van der Waals surface area contributed by atoms with E-state index >= 15 is 0 Å². The second kappa shape index (κ2) is 6.52. The summed E-state index contributed by atoms with van der Waals surface area (Å²) in [5.74, 6) is 0.946. The molecule has 0 fully saturated rings. The number of nitrogens with zero attached hydrogens (tertiary/aromatic N) is 2. The van der Waals surface area contributed by atoms with E-state index < -0.39 is 0 Å². The Labute approximate surface area is 112 Å². The molecule has 0 aliphatic rings. The van der Waals surface area contributed by atoms with Gasteiger partial charge in [-0.05, 0) is 48.0 Å². The number of rotatable bonds is 6. The number of nitrogens with one attached hydrogen (secondary N) is 1. The lowest BCUT2D eigenvalue weighted by Crippen LogP contribution is -2.17. The van der Waals surface area contributed by atoms with Crippen molar-refractivity contribution in [1.29, 1.82) is 0 Å². The van der Waals surface area contributed by atoms with Crippen LogP contribution in [0.4, 0.5) is 5.82 Å². The molecule has 4 heteroatoms. The van der Waals surface area contributed by atoms with Crippen LogP contribution in [0, 0.1) is 0 Å². The quantitative estimate of drug-likeness (QED) is 0.865. The molecule has 0 unspecified atom stereocenters. The molecule has 0 aliphatic heterocycles. The first-order valence-corrected chi connectivity index (χ1v) is 7.10. The summed E-state index contributed by atoms with van der Waals surface area (Å²) in [6.07, 6.45) is 1.95. The molecular weight excluding hydrogens is 242 g/mol. The third-order valence-corrected chi connectivity index (χ3v) is 3.40. The van der Waals surface area contributed by atoms with Gasteiger partial charge in [0.1, 0.15) is 5.82 Å². The van der Waals surface area contributed by atoms with Crippen LogP contribution in [0.2, 0.25) is 0 Å². The summed E-state index contributed by atoms with van der Waals surface area (Å²) in [6, 6.07) is 6.35. The Morgan fingerprint density at radius 3 is 2.67 bits per heavy atom. The van der Waals surface area contributed by atoms with E-state index in [9.17, 15) is 0 Å². The third kappa shape index (κ3) is 3.82. The van der Waals surface area contributed by atoms with Crippen LogP contribution in [0.1, 0.15) is 18.1 Å². The summed E-state index contributed by atoms with van der Waals surface area (Å²) < 4.78 is 0. The maximum absolute atomic E-state index is 4.38. The van der Waals surface area contributed by atoms with Crippen molar-refractivity contribution in [2.75, 3.05) is 18.9 Å². The average molecular weight is 261 g/mol. The van der Waals surface area contributed by atoms with Gasteiger partial charge in [-0.3, -0.25) is 4.90 Å². The van der Waals surface area contributed by atoms with Crippen molar-refractivity contribution in [1.82, 2.24) is 9.88 Å². The predicted octanol–water partition coefficient (Wildman–Crippen LogP) is 3.21. The van der Waals surface area contributed by atoms with Gasteiger partial charge in [0.25, 0.3) is 0 Å². The lowest BCUT2D eigenvalue weighted by Gasteiger charge is -2.15. The topological polar surface area (TPSA) is 28.2 Å². The molecule has 3 nitrogen and oxygen atoms in total. The van der Waals surface area contributed by atoms with Gasteiger partial charge in [0.15, 0.2) is 0 Å². The standard InChI is InChI=1S/C14H19N3S/c1-3-15-14-5-4-12(8-16-14)9-17(2)10-13-6-7-18-11-13/h4-8,11H,3,9-10H2,1-2H3,(H,15,16). The number of anilines is 1. The fraction of sp³-hybridized carbons (Fsp3) is 0.357. The Bertz CT molecular complexity index is 450. The highest BCUT2D eigenvalue weighted by atomic mass is 32.1. The van der Waals surface area contributed by atoms with E-state index in [1.807, 2.05) is 12.3 Å². The molecule has 0 saturated carbocycles. The largest absolute Gasteiger partial charge is 0.370 e. The maximum atomic E-state index is 4.38. The Morgan fingerprint density at radius 1 is 1.22 bits per heavy atom. The van der Waals surface area contributed by atoms with Gasteiger partial charge in [0, 0.05) is 25.8 Å². The van der Waals surface area contributed by atoms with Crippen molar-refractivity contribution in [3.63, 3.8) is 0 Å². The number of hydrogen-bond acceptors (Lipinski definition) is 4. The van der Waals surface area contributed by atoms with E-state index in [0.717, 1.165) is 25.5 Å². The summed E-state index contributed by atoms with van der Waals surface area (Å²) in [7, 11) is 2.13. The molecule has 0 amide bonds. The van der Waals surface area contributed by atoms with E-state index in [4.69, 9.17) is 0 Å². The van der Waals surface area contributed by atoms with Crippen LogP contribution in [0.15, 0.2) is 35.2 Å². The van der Waals surface area contributed by atoms with E-state index in [0.29, 0.717) is 0 Å². The molecule has 0 atom stereocenters. The summed E-state index contributed by atoms with van der Waals surface area (Å²) in [5.41, 5.74) is 2.62. The van der Waals surface area contributed by atoms with Gasteiger partial charge < -0.3 is 5.32 Å². The molecule has 1 N–H and O–H groups in total. The lowest BCUT2D eigenvalue weighted by molar-refractivity contribution is 0.319. The first kappa shape index (κ1) is 13.1. The van der Waals surface area contributed by atoms with Crippen molar-refractivity contribution in [2.45, 2.75) is 20.0 Å². The molecule has 2 aromatic heterocycles. The number of hydrogen-bond donors (Lipinski definition) is 1. The number of thiophene rings is 1. The van der Waals surface area contributed by atoms with Gasteiger partial charge in [-0.15, -0.1) is 0 Å². The van der Waals surface area contributed by atoms with Crippen molar-refractivity contribution in [3.05, 3.63) is 46.3 Å². The number of aromatic nitrogens is 1. The number of pyridine rings is 1. The Kier molecular flexibility index (Phi) is 4.73. The highest BCUT2D eigenvalue weighted by Crippen LogP contribution is 2.11. The molecule has 2 aromatic rings. The van der Waals surface area contributed by atoms with Gasteiger partial charge in [0.2, 0.25) is 0 Å². The van der Waals surface area contributed by atoms with Crippen LogP contribution in [-0.4, -0.2) is 23.5 Å². The second-order valence-electron chi connectivity index (χ2n) is 4.39. The van der Waals surface area contributed by atoms with E-state index in [2.05, 4.69) is 52.1 Å². The van der Waals surface area contributed by atoms with Gasteiger partial charge in [-0.2, -0.15) is 11.3 Å². The molecule has 2 heterocycles. The highest BCUT2D eigenvalue weighted by Gasteiger charge is 2.02. The summed E-state index contributed by atoms with van der Waals surface area (Å²) in [5, 5.41) is 7.52. The normalized spacial score (nSPS) is 10.8. The van der Waals surface area contributed by atoms with E-state index in [1.165, 1.54) is 11.1 Å². The first-order chi connectivity index (χ1) is 8.78.